The third kappa shape index (κ3) is 3.58. The molecule has 0 amide bonds. The minimum Gasteiger partial charge on any atom is -0.278 e. The maximum atomic E-state index is 13.6. The normalized spacial score (nSPS) is 14.0. The molecule has 0 saturated carbocycles. The molecule has 0 aliphatic carbocycles. The molecule has 0 spiro atoms. The second-order valence-electron chi connectivity index (χ2n) is 8.21. The summed E-state index contributed by atoms with van der Waals surface area (Å²) < 4.78 is 31.3. The molecule has 30 heavy (non-hydrogen) atoms. The van der Waals surface area contributed by atoms with E-state index < -0.39 is 9.73 Å². The number of benzene rings is 2. The van der Waals surface area contributed by atoms with Crippen LogP contribution in [0.1, 0.15) is 39.3 Å². The van der Waals surface area contributed by atoms with Crippen molar-refractivity contribution in [3.63, 3.8) is 0 Å². The monoisotopic (exact) mass is 424 g/mol. The zero-order valence-electron chi connectivity index (χ0n) is 17.7. The van der Waals surface area contributed by atoms with Crippen molar-refractivity contribution in [1.29, 1.82) is 0 Å². The standard InChI is InChI=1S/C23H25FN4OS/c1-13(2)22-21(15-6-8-17(24)9-7-15)18-10-16-12-25-27-20(16)11-19(18)23(26-22)28-30(5,29)14(3)4/h6-14H,1-5H3,(H,25,27). The first-order chi connectivity index (χ1) is 14.2. The number of fused-ring (bicyclic) bond motifs is 2. The predicted octanol–water partition coefficient (Wildman–Crippen LogP) is 6.18. The Labute approximate surface area is 175 Å². The van der Waals surface area contributed by atoms with Crippen molar-refractivity contribution in [1.82, 2.24) is 15.2 Å². The number of nitrogens with one attached hydrogen (secondary N) is 1. The Morgan fingerprint density at radius 1 is 1.07 bits per heavy atom. The molecule has 0 fully saturated rings. The molecule has 4 rings (SSSR count). The Bertz CT molecular complexity index is 1360. The van der Waals surface area contributed by atoms with Gasteiger partial charge in [-0.05, 0) is 41.1 Å². The van der Waals surface area contributed by atoms with Crippen molar-refractivity contribution in [3.8, 4) is 11.1 Å². The van der Waals surface area contributed by atoms with Gasteiger partial charge in [0.15, 0.2) is 5.82 Å². The van der Waals surface area contributed by atoms with Gasteiger partial charge >= 0.3 is 0 Å². The highest BCUT2D eigenvalue weighted by atomic mass is 32.2. The first-order valence-electron chi connectivity index (χ1n) is 9.95. The van der Waals surface area contributed by atoms with Crippen molar-refractivity contribution < 1.29 is 8.60 Å². The molecule has 2 heterocycles. The molecule has 1 atom stereocenters. The number of nitrogens with zero attached hydrogens (tertiary/aromatic N) is 3. The second-order valence-corrected chi connectivity index (χ2v) is 11.1. The molecule has 1 N–H and O–H groups in total. The molecule has 4 aromatic rings. The van der Waals surface area contributed by atoms with E-state index in [4.69, 9.17) is 4.98 Å². The second kappa shape index (κ2) is 7.47. The molecule has 156 valence electrons. The fourth-order valence-electron chi connectivity index (χ4n) is 3.44. The van der Waals surface area contributed by atoms with Gasteiger partial charge in [-0.1, -0.05) is 39.8 Å². The van der Waals surface area contributed by atoms with E-state index in [2.05, 4.69) is 28.4 Å². The van der Waals surface area contributed by atoms with E-state index in [1.54, 1.807) is 24.6 Å². The fraction of sp³-hybridized carbons (Fsp3) is 0.304. The van der Waals surface area contributed by atoms with Gasteiger partial charge in [-0.25, -0.2) is 13.6 Å². The molecular formula is C23H25FN4OS. The van der Waals surface area contributed by atoms with Crippen LogP contribution in [0, 0.1) is 5.82 Å². The first kappa shape index (κ1) is 20.5. The number of pyridine rings is 1. The molecule has 0 radical (unpaired) electrons. The topological polar surface area (TPSA) is 71.0 Å². The summed E-state index contributed by atoms with van der Waals surface area (Å²) in [5.74, 6) is 0.279. The molecule has 2 aromatic carbocycles. The highest BCUT2D eigenvalue weighted by molar-refractivity contribution is 7.93. The molecule has 0 bridgehead atoms. The van der Waals surface area contributed by atoms with Crippen molar-refractivity contribution in [2.45, 2.75) is 38.9 Å². The van der Waals surface area contributed by atoms with Crippen molar-refractivity contribution in [3.05, 3.63) is 54.1 Å². The number of hydrogen-bond donors (Lipinski definition) is 1. The van der Waals surface area contributed by atoms with Gasteiger partial charge in [0.25, 0.3) is 0 Å². The minimum absolute atomic E-state index is 0.0930. The molecule has 5 nitrogen and oxygen atoms in total. The van der Waals surface area contributed by atoms with E-state index in [0.29, 0.717) is 5.82 Å². The van der Waals surface area contributed by atoms with E-state index >= 15 is 0 Å². The van der Waals surface area contributed by atoms with Gasteiger partial charge in [-0.3, -0.25) is 5.10 Å². The van der Waals surface area contributed by atoms with Crippen LogP contribution in [0.25, 0.3) is 32.8 Å². The highest BCUT2D eigenvalue weighted by Crippen LogP contribution is 2.40. The maximum Gasteiger partial charge on any atom is 0.169 e. The Morgan fingerprint density at radius 2 is 1.77 bits per heavy atom. The minimum atomic E-state index is -2.47. The lowest BCUT2D eigenvalue weighted by molar-refractivity contribution is 0.628. The largest absolute Gasteiger partial charge is 0.278 e. The van der Waals surface area contributed by atoms with Crippen LogP contribution in [0.3, 0.4) is 0 Å². The Hall–Kier alpha value is -2.80. The van der Waals surface area contributed by atoms with Gasteiger partial charge in [-0.2, -0.15) is 9.46 Å². The smallest absolute Gasteiger partial charge is 0.169 e. The number of aromatic nitrogens is 3. The summed E-state index contributed by atoms with van der Waals surface area (Å²) in [7, 11) is -2.47. The molecular weight excluding hydrogens is 399 g/mol. The summed E-state index contributed by atoms with van der Waals surface area (Å²) in [6, 6.07) is 10.5. The number of hydrogen-bond acceptors (Lipinski definition) is 4. The van der Waals surface area contributed by atoms with Gasteiger partial charge in [-0.15, -0.1) is 0 Å². The molecule has 0 aliphatic rings. The highest BCUT2D eigenvalue weighted by Gasteiger charge is 2.20. The Balaban J connectivity index is 2.18. The first-order valence-corrected chi connectivity index (χ1v) is 11.9. The van der Waals surface area contributed by atoms with E-state index in [9.17, 15) is 8.60 Å². The summed E-state index contributed by atoms with van der Waals surface area (Å²) in [5, 5.41) is 9.72. The van der Waals surface area contributed by atoms with Crippen molar-refractivity contribution in [2.24, 2.45) is 4.36 Å². The van der Waals surface area contributed by atoms with Gasteiger partial charge in [0.2, 0.25) is 0 Å². The molecule has 0 aliphatic heterocycles. The summed E-state index contributed by atoms with van der Waals surface area (Å²) in [5.41, 5.74) is 3.52. The average molecular weight is 425 g/mol. The van der Waals surface area contributed by atoms with Gasteiger partial charge in [0, 0.05) is 27.8 Å². The van der Waals surface area contributed by atoms with E-state index in [1.807, 2.05) is 26.0 Å². The van der Waals surface area contributed by atoms with Crippen LogP contribution in [-0.4, -0.2) is 30.9 Å². The maximum absolute atomic E-state index is 13.6. The van der Waals surface area contributed by atoms with Crippen LogP contribution in [0.2, 0.25) is 0 Å². The summed E-state index contributed by atoms with van der Waals surface area (Å²) in [6.07, 6.45) is 3.44. The quantitative estimate of drug-likeness (QED) is 0.425. The SMILES string of the molecule is CC(C)c1nc(N=S(C)(=O)C(C)C)c2cc3[nH]ncc3cc2c1-c1ccc(F)cc1. The Kier molecular flexibility index (Phi) is 5.10. The summed E-state index contributed by atoms with van der Waals surface area (Å²) in [4.78, 5) is 4.88. The average Bonchev–Trinajstić information content (AvgIpc) is 3.14. The summed E-state index contributed by atoms with van der Waals surface area (Å²) in [6.45, 7) is 7.93. The Morgan fingerprint density at radius 3 is 2.40 bits per heavy atom. The molecule has 7 heteroatoms. The van der Waals surface area contributed by atoms with Gasteiger partial charge < -0.3 is 0 Å². The molecule has 0 saturated heterocycles. The predicted molar refractivity (Wildman–Crippen MR) is 122 cm³/mol. The number of aromatic amines is 1. The van der Waals surface area contributed by atoms with E-state index in [0.717, 1.165) is 38.5 Å². The third-order valence-corrected chi connectivity index (χ3v) is 7.68. The lowest BCUT2D eigenvalue weighted by Gasteiger charge is -2.18. The summed E-state index contributed by atoms with van der Waals surface area (Å²) >= 11 is 0. The van der Waals surface area contributed by atoms with Crippen LogP contribution in [0.15, 0.2) is 47.0 Å². The van der Waals surface area contributed by atoms with Gasteiger partial charge in [0.05, 0.1) is 27.1 Å². The van der Waals surface area contributed by atoms with E-state index in [1.165, 1.54) is 12.1 Å². The van der Waals surface area contributed by atoms with Crippen molar-refractivity contribution in [2.75, 3.05) is 6.26 Å². The zero-order chi connectivity index (χ0) is 21.6. The lowest BCUT2D eigenvalue weighted by Crippen LogP contribution is -2.11. The van der Waals surface area contributed by atoms with Crippen LogP contribution in [0.4, 0.5) is 10.2 Å². The zero-order valence-corrected chi connectivity index (χ0v) is 18.5. The molecule has 2 aromatic heterocycles. The van der Waals surface area contributed by atoms with Crippen LogP contribution < -0.4 is 0 Å². The fourth-order valence-corrected chi connectivity index (χ4v) is 4.13. The number of halogens is 1. The lowest BCUT2D eigenvalue weighted by atomic mass is 9.92. The van der Waals surface area contributed by atoms with Crippen LogP contribution >= 0.6 is 0 Å². The van der Waals surface area contributed by atoms with Crippen molar-refractivity contribution >= 4 is 37.2 Å². The van der Waals surface area contributed by atoms with Gasteiger partial charge in [0.1, 0.15) is 5.82 Å². The van der Waals surface area contributed by atoms with Crippen LogP contribution in [0.5, 0.6) is 0 Å². The third-order valence-electron chi connectivity index (χ3n) is 5.39. The number of H-pyrrole nitrogens is 1. The molecule has 1 unspecified atom stereocenters. The number of rotatable bonds is 4. The van der Waals surface area contributed by atoms with E-state index in [-0.39, 0.29) is 17.0 Å². The van der Waals surface area contributed by atoms with Crippen LogP contribution in [-0.2, 0) is 9.73 Å².